The van der Waals surface area contributed by atoms with Gasteiger partial charge in [-0.1, -0.05) is 24.3 Å². The number of aromatic nitrogens is 1. The van der Waals surface area contributed by atoms with Gasteiger partial charge in [0, 0.05) is 17.2 Å². The highest BCUT2D eigenvalue weighted by atomic mass is 16.5. The summed E-state index contributed by atoms with van der Waals surface area (Å²) in [6, 6.07) is 13.2. The van der Waals surface area contributed by atoms with Crippen LogP contribution in [0, 0.1) is 0 Å². The number of hydrogen-bond donors (Lipinski definition) is 1. The van der Waals surface area contributed by atoms with Crippen LogP contribution in [0.25, 0.3) is 11.5 Å². The second-order valence-corrected chi connectivity index (χ2v) is 3.82. The number of hydrogen-bond acceptors (Lipinski definition) is 3. The molecule has 0 amide bonds. The third-order valence-corrected chi connectivity index (χ3v) is 2.70. The van der Waals surface area contributed by atoms with E-state index in [-0.39, 0.29) is 0 Å². The van der Waals surface area contributed by atoms with Gasteiger partial charge in [-0.3, -0.25) is 4.98 Å². The molecule has 0 saturated carbocycles. The van der Waals surface area contributed by atoms with Crippen molar-refractivity contribution in [1.82, 2.24) is 4.98 Å². The fourth-order valence-electron chi connectivity index (χ4n) is 1.86. The van der Waals surface area contributed by atoms with Crippen LogP contribution in [0.3, 0.4) is 0 Å². The highest BCUT2D eigenvalue weighted by molar-refractivity contribution is 6.69. The van der Waals surface area contributed by atoms with Crippen LogP contribution >= 0.6 is 0 Å². The molecule has 3 rings (SSSR count). The molecule has 2 aromatic rings. The van der Waals surface area contributed by atoms with Gasteiger partial charge in [-0.2, -0.15) is 0 Å². The molecule has 17 heavy (non-hydrogen) atoms. The van der Waals surface area contributed by atoms with Crippen molar-refractivity contribution >= 4 is 18.7 Å². The summed E-state index contributed by atoms with van der Waals surface area (Å²) in [5.74, 6) is 0.694. The number of nitrogens with zero attached hydrogens (tertiary/aromatic N) is 1. The highest BCUT2D eigenvalue weighted by Crippen LogP contribution is 2.30. The van der Waals surface area contributed by atoms with E-state index >= 15 is 0 Å². The summed E-state index contributed by atoms with van der Waals surface area (Å²) in [7, 11) is -0.959. The summed E-state index contributed by atoms with van der Waals surface area (Å²) in [4.78, 5) is 4.22. The van der Waals surface area contributed by atoms with Crippen LogP contribution in [-0.2, 0) is 0 Å². The summed E-state index contributed by atoms with van der Waals surface area (Å²) < 4.78 is 5.45. The van der Waals surface area contributed by atoms with E-state index < -0.39 is 7.12 Å². The molecule has 1 N–H and O–H groups in total. The smallest absolute Gasteiger partial charge is 0.532 e. The van der Waals surface area contributed by atoms with Gasteiger partial charge < -0.3 is 9.68 Å². The van der Waals surface area contributed by atoms with E-state index in [0.29, 0.717) is 11.2 Å². The predicted molar refractivity (Wildman–Crippen MR) is 67.2 cm³/mol. The predicted octanol–water partition coefficient (Wildman–Crippen LogP) is 2.03. The Balaban J connectivity index is 2.10. The number of para-hydroxylation sites is 1. The topological polar surface area (TPSA) is 42.4 Å². The van der Waals surface area contributed by atoms with E-state index in [0.717, 1.165) is 11.3 Å². The quantitative estimate of drug-likeness (QED) is 0.752. The van der Waals surface area contributed by atoms with Crippen molar-refractivity contribution in [3.8, 4) is 5.75 Å². The van der Waals surface area contributed by atoms with Gasteiger partial charge >= 0.3 is 7.12 Å². The lowest BCUT2D eigenvalue weighted by molar-refractivity contribution is 0.431. The Morgan fingerprint density at radius 1 is 1.06 bits per heavy atom. The van der Waals surface area contributed by atoms with Crippen molar-refractivity contribution in [2.45, 2.75) is 0 Å². The Bertz CT molecular complexity index is 569. The first-order valence-electron chi connectivity index (χ1n) is 5.41. The van der Waals surface area contributed by atoms with Gasteiger partial charge in [0.25, 0.3) is 0 Å². The van der Waals surface area contributed by atoms with Crippen molar-refractivity contribution < 1.29 is 9.68 Å². The Labute approximate surface area is 99.5 Å². The van der Waals surface area contributed by atoms with Crippen LogP contribution in [0.1, 0.15) is 11.3 Å². The van der Waals surface area contributed by atoms with Crippen LogP contribution in [-0.4, -0.2) is 17.1 Å². The summed E-state index contributed by atoms with van der Waals surface area (Å²) in [5, 5.41) is 9.94. The van der Waals surface area contributed by atoms with Crippen LogP contribution in [0.2, 0.25) is 0 Å². The van der Waals surface area contributed by atoms with Crippen molar-refractivity contribution in [3.63, 3.8) is 0 Å². The van der Waals surface area contributed by atoms with Gasteiger partial charge in [-0.15, -0.1) is 0 Å². The third kappa shape index (κ3) is 1.83. The lowest BCUT2D eigenvalue weighted by atomic mass is 9.73. The molecule has 3 nitrogen and oxygen atoms in total. The van der Waals surface area contributed by atoms with Gasteiger partial charge in [0.1, 0.15) is 5.75 Å². The largest absolute Gasteiger partial charge is 0.562 e. The Morgan fingerprint density at radius 2 is 1.88 bits per heavy atom. The van der Waals surface area contributed by atoms with Gasteiger partial charge in [-0.05, 0) is 24.3 Å². The monoisotopic (exact) mass is 223 g/mol. The van der Waals surface area contributed by atoms with Gasteiger partial charge in [0.2, 0.25) is 0 Å². The van der Waals surface area contributed by atoms with E-state index in [1.807, 2.05) is 48.5 Å². The summed E-state index contributed by atoms with van der Waals surface area (Å²) in [5.41, 5.74) is 2.37. The third-order valence-electron chi connectivity index (χ3n) is 2.70. The SMILES string of the molecule is OB1Oc2ccccc2C=C1c1ccccn1. The molecule has 0 radical (unpaired) electrons. The molecular formula is C13H10BNO2. The molecule has 0 bridgehead atoms. The molecule has 1 aromatic heterocycles. The molecule has 1 aliphatic heterocycles. The first-order chi connectivity index (χ1) is 8.34. The van der Waals surface area contributed by atoms with Crippen LogP contribution in [0.15, 0.2) is 48.7 Å². The standard InChI is InChI=1S/C13H10BNO2/c16-14-11(12-6-3-4-8-15-12)9-10-5-1-2-7-13(10)17-14/h1-9,16H. The van der Waals surface area contributed by atoms with Gasteiger partial charge in [0.15, 0.2) is 0 Å². The Kier molecular flexibility index (Phi) is 2.42. The van der Waals surface area contributed by atoms with Crippen molar-refractivity contribution in [3.05, 3.63) is 59.9 Å². The van der Waals surface area contributed by atoms with Crippen LogP contribution in [0.4, 0.5) is 0 Å². The Morgan fingerprint density at radius 3 is 2.71 bits per heavy atom. The molecule has 0 saturated heterocycles. The summed E-state index contributed by atoms with van der Waals surface area (Å²) in [6.07, 6.45) is 3.61. The number of benzene rings is 1. The molecule has 82 valence electrons. The molecule has 1 aliphatic rings. The zero-order valence-electron chi connectivity index (χ0n) is 9.08. The first kappa shape index (κ1) is 10.1. The van der Waals surface area contributed by atoms with E-state index in [1.165, 1.54) is 0 Å². The second-order valence-electron chi connectivity index (χ2n) is 3.82. The lowest BCUT2D eigenvalue weighted by Gasteiger charge is -2.19. The minimum Gasteiger partial charge on any atom is -0.532 e. The van der Waals surface area contributed by atoms with Crippen LogP contribution in [0.5, 0.6) is 5.75 Å². The van der Waals surface area contributed by atoms with Gasteiger partial charge in [-0.25, -0.2) is 0 Å². The van der Waals surface area contributed by atoms with E-state index in [2.05, 4.69) is 4.98 Å². The first-order valence-corrected chi connectivity index (χ1v) is 5.41. The zero-order valence-corrected chi connectivity index (χ0v) is 9.08. The Hall–Kier alpha value is -2.07. The maximum absolute atomic E-state index is 9.94. The molecular weight excluding hydrogens is 213 g/mol. The molecule has 0 fully saturated rings. The minimum atomic E-state index is -0.959. The lowest BCUT2D eigenvalue weighted by Crippen LogP contribution is -2.27. The van der Waals surface area contributed by atoms with Crippen molar-refractivity contribution in [2.75, 3.05) is 0 Å². The summed E-state index contributed by atoms with van der Waals surface area (Å²) in [6.45, 7) is 0. The highest BCUT2D eigenvalue weighted by Gasteiger charge is 2.28. The normalized spacial score (nSPS) is 13.7. The molecule has 0 unspecified atom stereocenters. The maximum atomic E-state index is 9.94. The molecule has 2 heterocycles. The van der Waals surface area contributed by atoms with Crippen molar-refractivity contribution in [1.29, 1.82) is 0 Å². The number of rotatable bonds is 1. The molecule has 0 spiro atoms. The van der Waals surface area contributed by atoms with Crippen molar-refractivity contribution in [2.24, 2.45) is 0 Å². The summed E-state index contributed by atoms with van der Waals surface area (Å²) >= 11 is 0. The average Bonchev–Trinajstić information content (AvgIpc) is 2.39. The second kappa shape index (κ2) is 4.07. The van der Waals surface area contributed by atoms with E-state index in [1.54, 1.807) is 6.20 Å². The fraction of sp³-hybridized carbons (Fsp3) is 0. The fourth-order valence-corrected chi connectivity index (χ4v) is 1.86. The van der Waals surface area contributed by atoms with Gasteiger partial charge in [0.05, 0.1) is 5.69 Å². The molecule has 0 aliphatic carbocycles. The van der Waals surface area contributed by atoms with Crippen LogP contribution < -0.4 is 4.65 Å². The van der Waals surface area contributed by atoms with E-state index in [9.17, 15) is 5.02 Å². The number of fused-ring (bicyclic) bond motifs is 1. The minimum absolute atomic E-state index is 0.685. The maximum Gasteiger partial charge on any atom is 0.562 e. The molecule has 0 atom stereocenters. The zero-order chi connectivity index (χ0) is 11.7. The number of pyridine rings is 1. The molecule has 4 heteroatoms. The van der Waals surface area contributed by atoms with E-state index in [4.69, 9.17) is 4.65 Å². The molecule has 1 aromatic carbocycles. The average molecular weight is 223 g/mol.